The molecular weight excluding hydrogens is 422 g/mol. The Morgan fingerprint density at radius 3 is 2.53 bits per heavy atom. The standard InChI is InChI=1S/C28H37N5O/c1-17(2)25-23-15-21(20-11-13-32(14-12-20)16-28(5,6)34)8-10-24(23)30-26(25)22-9-7-18(3)33-27(22)29-19(4)31-33/h7-10,15,17,20,30,34H,11-14,16H2,1-6H3. The van der Waals surface area contributed by atoms with Gasteiger partial charge in [-0.05, 0) is 101 Å². The van der Waals surface area contributed by atoms with Crippen molar-refractivity contribution >= 4 is 16.6 Å². The third kappa shape index (κ3) is 4.25. The van der Waals surface area contributed by atoms with Crippen LogP contribution in [0.25, 0.3) is 27.8 Å². The maximum absolute atomic E-state index is 10.2. The molecule has 1 saturated heterocycles. The lowest BCUT2D eigenvalue weighted by molar-refractivity contribution is 0.0282. The molecule has 1 aromatic carbocycles. The van der Waals surface area contributed by atoms with Crippen LogP contribution in [0.2, 0.25) is 0 Å². The Kier molecular flexibility index (Phi) is 5.77. The van der Waals surface area contributed by atoms with Gasteiger partial charge in [-0.1, -0.05) is 19.9 Å². The highest BCUT2D eigenvalue weighted by molar-refractivity contribution is 5.94. The van der Waals surface area contributed by atoms with Gasteiger partial charge in [0.05, 0.1) is 11.3 Å². The van der Waals surface area contributed by atoms with Crippen molar-refractivity contribution < 1.29 is 5.11 Å². The summed E-state index contributed by atoms with van der Waals surface area (Å²) < 4.78 is 1.95. The summed E-state index contributed by atoms with van der Waals surface area (Å²) in [4.78, 5) is 10.9. The molecule has 1 fully saturated rings. The summed E-state index contributed by atoms with van der Waals surface area (Å²) in [6.45, 7) is 15.2. The number of aromatic amines is 1. The first-order valence-electron chi connectivity index (χ1n) is 12.5. The lowest BCUT2D eigenvalue weighted by atomic mass is 9.87. The number of piperidine rings is 1. The van der Waals surface area contributed by atoms with E-state index in [4.69, 9.17) is 4.98 Å². The number of H-pyrrole nitrogens is 1. The van der Waals surface area contributed by atoms with Gasteiger partial charge in [0, 0.05) is 28.7 Å². The van der Waals surface area contributed by atoms with Crippen LogP contribution in [0.4, 0.5) is 0 Å². The second kappa shape index (κ2) is 8.51. The highest BCUT2D eigenvalue weighted by Crippen LogP contribution is 2.39. The molecule has 1 aliphatic heterocycles. The number of nitrogens with one attached hydrogen (secondary N) is 1. The Balaban J connectivity index is 1.53. The molecule has 4 aromatic rings. The van der Waals surface area contributed by atoms with E-state index >= 15 is 0 Å². The van der Waals surface area contributed by atoms with Gasteiger partial charge in [0.15, 0.2) is 5.65 Å². The van der Waals surface area contributed by atoms with Crippen LogP contribution in [0, 0.1) is 13.8 Å². The number of hydrogen-bond donors (Lipinski definition) is 2. The second-order valence-corrected chi connectivity index (χ2v) is 11.0. The van der Waals surface area contributed by atoms with Gasteiger partial charge in [0.2, 0.25) is 0 Å². The van der Waals surface area contributed by atoms with Crippen LogP contribution in [-0.4, -0.2) is 54.8 Å². The topological polar surface area (TPSA) is 69.5 Å². The van der Waals surface area contributed by atoms with E-state index in [-0.39, 0.29) is 0 Å². The average molecular weight is 460 g/mol. The molecule has 6 nitrogen and oxygen atoms in total. The third-order valence-electron chi connectivity index (χ3n) is 7.16. The van der Waals surface area contributed by atoms with Crippen LogP contribution >= 0.6 is 0 Å². The number of fused-ring (bicyclic) bond motifs is 2. The summed E-state index contributed by atoms with van der Waals surface area (Å²) in [5.41, 5.74) is 7.57. The molecule has 0 aliphatic carbocycles. The van der Waals surface area contributed by atoms with Crippen molar-refractivity contribution in [2.75, 3.05) is 19.6 Å². The van der Waals surface area contributed by atoms with Crippen molar-refractivity contribution in [2.24, 2.45) is 0 Å². The molecule has 0 unspecified atom stereocenters. The number of β-amino-alcohol motifs (C(OH)–C–C–N with tert-alkyl or cyclic N) is 1. The van der Waals surface area contributed by atoms with Crippen molar-refractivity contribution in [1.82, 2.24) is 24.5 Å². The van der Waals surface area contributed by atoms with Crippen LogP contribution < -0.4 is 0 Å². The molecule has 0 radical (unpaired) electrons. The predicted octanol–water partition coefficient (Wildman–Crippen LogP) is 5.57. The highest BCUT2D eigenvalue weighted by Gasteiger charge is 2.26. The van der Waals surface area contributed by atoms with E-state index in [0.29, 0.717) is 11.8 Å². The smallest absolute Gasteiger partial charge is 0.165 e. The van der Waals surface area contributed by atoms with Crippen molar-refractivity contribution in [1.29, 1.82) is 0 Å². The van der Waals surface area contributed by atoms with Gasteiger partial charge in [-0.25, -0.2) is 9.50 Å². The fourth-order valence-electron chi connectivity index (χ4n) is 5.65. The molecule has 0 bridgehead atoms. The summed E-state index contributed by atoms with van der Waals surface area (Å²) in [7, 11) is 0. The Morgan fingerprint density at radius 2 is 1.85 bits per heavy atom. The maximum Gasteiger partial charge on any atom is 0.165 e. The number of hydrogen-bond acceptors (Lipinski definition) is 4. The number of aromatic nitrogens is 4. The van der Waals surface area contributed by atoms with E-state index in [1.165, 1.54) is 22.0 Å². The molecule has 1 aliphatic rings. The van der Waals surface area contributed by atoms with E-state index in [0.717, 1.165) is 60.9 Å². The number of aryl methyl sites for hydroxylation is 2. The first-order chi connectivity index (χ1) is 16.1. The first kappa shape index (κ1) is 23.1. The summed E-state index contributed by atoms with van der Waals surface area (Å²) in [6, 6.07) is 11.3. The Morgan fingerprint density at radius 1 is 1.12 bits per heavy atom. The first-order valence-corrected chi connectivity index (χ1v) is 12.5. The van der Waals surface area contributed by atoms with Crippen LogP contribution in [-0.2, 0) is 0 Å². The van der Waals surface area contributed by atoms with Gasteiger partial charge in [-0.2, -0.15) is 5.10 Å². The fraction of sp³-hybridized carbons (Fsp3) is 0.500. The minimum atomic E-state index is -0.635. The fourth-order valence-corrected chi connectivity index (χ4v) is 5.65. The van der Waals surface area contributed by atoms with E-state index in [1.54, 1.807) is 0 Å². The molecule has 180 valence electrons. The number of nitrogens with zero attached hydrogens (tertiary/aromatic N) is 4. The largest absolute Gasteiger partial charge is 0.389 e. The summed E-state index contributed by atoms with van der Waals surface area (Å²) >= 11 is 0. The van der Waals surface area contributed by atoms with Gasteiger partial charge < -0.3 is 15.0 Å². The van der Waals surface area contributed by atoms with Gasteiger partial charge in [0.25, 0.3) is 0 Å². The molecule has 3 aromatic heterocycles. The van der Waals surface area contributed by atoms with Crippen LogP contribution in [0.5, 0.6) is 0 Å². The third-order valence-corrected chi connectivity index (χ3v) is 7.16. The van der Waals surface area contributed by atoms with Crippen LogP contribution in [0.15, 0.2) is 30.3 Å². The SMILES string of the molecule is Cc1nc2c(-c3[nH]c4ccc(C5CCN(CC(C)(C)O)CC5)cc4c3C(C)C)ccc(C)n2n1. The van der Waals surface area contributed by atoms with E-state index in [1.807, 2.05) is 25.3 Å². The zero-order valence-corrected chi connectivity index (χ0v) is 21.3. The van der Waals surface area contributed by atoms with Crippen LogP contribution in [0.1, 0.15) is 75.0 Å². The molecule has 34 heavy (non-hydrogen) atoms. The second-order valence-electron chi connectivity index (χ2n) is 11.0. The number of pyridine rings is 1. The minimum absolute atomic E-state index is 0.373. The van der Waals surface area contributed by atoms with Crippen molar-refractivity contribution in [3.05, 3.63) is 53.0 Å². The average Bonchev–Trinajstić information content (AvgIpc) is 3.34. The van der Waals surface area contributed by atoms with E-state index in [2.05, 4.69) is 66.1 Å². The molecule has 2 N–H and O–H groups in total. The van der Waals surface area contributed by atoms with E-state index in [9.17, 15) is 5.11 Å². The number of rotatable bonds is 5. The van der Waals surface area contributed by atoms with Crippen molar-refractivity contribution in [2.45, 2.75) is 71.8 Å². The molecule has 6 heteroatoms. The van der Waals surface area contributed by atoms with Crippen molar-refractivity contribution in [3.63, 3.8) is 0 Å². The molecule has 0 spiro atoms. The maximum atomic E-state index is 10.2. The number of likely N-dealkylation sites (tertiary alicyclic amines) is 1. The number of aliphatic hydroxyl groups is 1. The Bertz CT molecular complexity index is 1330. The number of benzene rings is 1. The molecule has 5 rings (SSSR count). The van der Waals surface area contributed by atoms with Gasteiger partial charge >= 0.3 is 0 Å². The zero-order chi connectivity index (χ0) is 24.2. The predicted molar refractivity (Wildman–Crippen MR) is 139 cm³/mol. The van der Waals surface area contributed by atoms with Crippen molar-refractivity contribution in [3.8, 4) is 11.3 Å². The summed E-state index contributed by atoms with van der Waals surface area (Å²) in [5.74, 6) is 1.72. The molecule has 0 atom stereocenters. The highest BCUT2D eigenvalue weighted by atomic mass is 16.3. The lowest BCUT2D eigenvalue weighted by Gasteiger charge is -2.35. The Hall–Kier alpha value is -2.70. The van der Waals surface area contributed by atoms with Gasteiger partial charge in [-0.15, -0.1) is 0 Å². The summed E-state index contributed by atoms with van der Waals surface area (Å²) in [5, 5.41) is 16.1. The quantitative estimate of drug-likeness (QED) is 0.409. The van der Waals surface area contributed by atoms with Gasteiger partial charge in [0.1, 0.15) is 5.82 Å². The van der Waals surface area contributed by atoms with Crippen LogP contribution in [0.3, 0.4) is 0 Å². The monoisotopic (exact) mass is 459 g/mol. The minimum Gasteiger partial charge on any atom is -0.389 e. The molecule has 0 amide bonds. The molecule has 0 saturated carbocycles. The lowest BCUT2D eigenvalue weighted by Crippen LogP contribution is -2.42. The van der Waals surface area contributed by atoms with Gasteiger partial charge in [-0.3, -0.25) is 0 Å². The van der Waals surface area contributed by atoms with E-state index < -0.39 is 5.60 Å². The summed E-state index contributed by atoms with van der Waals surface area (Å²) in [6.07, 6.45) is 2.26. The normalized spacial score (nSPS) is 16.4. The molecular formula is C28H37N5O. The zero-order valence-electron chi connectivity index (χ0n) is 21.3. The Labute approximate surface area is 202 Å². The molecule has 4 heterocycles.